The van der Waals surface area contributed by atoms with Crippen LogP contribution in [0.4, 0.5) is 5.82 Å². The van der Waals surface area contributed by atoms with Gasteiger partial charge in [0.2, 0.25) is 5.88 Å². The van der Waals surface area contributed by atoms with E-state index in [4.69, 9.17) is 4.74 Å². The summed E-state index contributed by atoms with van der Waals surface area (Å²) in [7, 11) is 3.23. The third-order valence-electron chi connectivity index (χ3n) is 5.50. The van der Waals surface area contributed by atoms with Crippen LogP contribution in [0.1, 0.15) is 34.5 Å². The van der Waals surface area contributed by atoms with Crippen LogP contribution in [0.2, 0.25) is 0 Å². The molecule has 34 heavy (non-hydrogen) atoms. The number of para-hydroxylation sites is 1. The number of nitrogens with one attached hydrogen (secondary N) is 2. The van der Waals surface area contributed by atoms with Gasteiger partial charge in [-0.15, -0.1) is 0 Å². The fourth-order valence-corrected chi connectivity index (χ4v) is 3.80. The van der Waals surface area contributed by atoms with E-state index in [0.717, 1.165) is 39.2 Å². The van der Waals surface area contributed by atoms with E-state index in [2.05, 4.69) is 37.5 Å². The summed E-state index contributed by atoms with van der Waals surface area (Å²) in [6.45, 7) is 4.68. The van der Waals surface area contributed by atoms with Crippen molar-refractivity contribution in [3.8, 4) is 17.1 Å². The first kappa shape index (κ1) is 24.9. The highest BCUT2D eigenvalue weighted by atomic mass is 32.1. The maximum atomic E-state index is 12.3. The highest BCUT2D eigenvalue weighted by molar-refractivity contribution is 7.59. The minimum absolute atomic E-state index is 0. The molecule has 1 amide bonds. The fraction of sp³-hybridized carbons (Fsp3) is 0.240. The molecule has 8 nitrogen and oxygen atoms in total. The van der Waals surface area contributed by atoms with E-state index in [1.54, 1.807) is 32.7 Å². The van der Waals surface area contributed by atoms with Crippen LogP contribution in [-0.2, 0) is 0 Å². The van der Waals surface area contributed by atoms with Crippen molar-refractivity contribution in [2.45, 2.75) is 19.8 Å². The Kier molecular flexibility index (Phi) is 8.01. The minimum Gasteiger partial charge on any atom is -0.481 e. The molecule has 1 atom stereocenters. The molecule has 2 N–H and O–H groups in total. The minimum atomic E-state index is -0.123. The summed E-state index contributed by atoms with van der Waals surface area (Å²) in [6, 6.07) is 13.4. The molecule has 176 valence electrons. The lowest BCUT2D eigenvalue weighted by molar-refractivity contribution is 0.0964. The van der Waals surface area contributed by atoms with Gasteiger partial charge in [-0.2, -0.15) is 13.5 Å². The lowest BCUT2D eigenvalue weighted by Gasteiger charge is -2.16. The van der Waals surface area contributed by atoms with Gasteiger partial charge in [0.25, 0.3) is 5.91 Å². The Labute approximate surface area is 205 Å². The molecule has 0 saturated heterocycles. The van der Waals surface area contributed by atoms with Crippen LogP contribution >= 0.6 is 13.5 Å². The van der Waals surface area contributed by atoms with Crippen LogP contribution in [0.25, 0.3) is 22.2 Å². The number of carbonyl (C=O) groups excluding carboxylic acids is 1. The molecule has 0 bridgehead atoms. The smallest absolute Gasteiger partial charge is 0.251 e. The van der Waals surface area contributed by atoms with E-state index in [1.807, 2.05) is 43.3 Å². The largest absolute Gasteiger partial charge is 0.481 e. The molecular formula is C25H28N6O2S. The van der Waals surface area contributed by atoms with Gasteiger partial charge in [-0.05, 0) is 24.6 Å². The molecule has 4 rings (SSSR count). The van der Waals surface area contributed by atoms with Gasteiger partial charge >= 0.3 is 0 Å². The van der Waals surface area contributed by atoms with Crippen LogP contribution in [0, 0.1) is 6.92 Å². The van der Waals surface area contributed by atoms with Crippen LogP contribution in [-0.4, -0.2) is 46.5 Å². The summed E-state index contributed by atoms with van der Waals surface area (Å²) in [5, 5.41) is 6.94. The molecule has 0 saturated carbocycles. The molecule has 3 aromatic heterocycles. The number of carbonyl (C=O) groups is 1. The van der Waals surface area contributed by atoms with Crippen molar-refractivity contribution >= 4 is 36.1 Å². The Bertz CT molecular complexity index is 1310. The van der Waals surface area contributed by atoms with E-state index in [-0.39, 0.29) is 25.3 Å². The zero-order chi connectivity index (χ0) is 23.4. The summed E-state index contributed by atoms with van der Waals surface area (Å²) in [6.07, 6.45) is 3.22. The standard InChI is InChI=1S/C25H26N6O2.H2S/c1-15(18-6-5-7-19-20(25(32)26-3)8-9-27-24(18)19)13-28-22-12-21(29-14-30-22)17-10-16(2)31-23(11-17)33-4;/h5-12,14-15H,13H2,1-4H3,(H,26,32)(H,28,29,30);1H2/t15-;/m1./s1. The number of amides is 1. The number of aryl methyl sites for hydroxylation is 1. The molecule has 3 heterocycles. The third-order valence-corrected chi connectivity index (χ3v) is 5.50. The maximum Gasteiger partial charge on any atom is 0.251 e. The molecule has 0 spiro atoms. The predicted molar refractivity (Wildman–Crippen MR) is 139 cm³/mol. The van der Waals surface area contributed by atoms with Crippen LogP contribution in [0.5, 0.6) is 5.88 Å². The van der Waals surface area contributed by atoms with Crippen molar-refractivity contribution in [3.05, 3.63) is 71.8 Å². The Morgan fingerprint density at radius 3 is 2.71 bits per heavy atom. The van der Waals surface area contributed by atoms with Gasteiger partial charge in [0.15, 0.2) is 0 Å². The first-order chi connectivity index (χ1) is 16.0. The SMILES string of the molecule is CNC(=O)c1ccnc2c([C@H](C)CNc3cc(-c4cc(C)nc(OC)c4)ncn3)cccc12.S. The number of methoxy groups -OCH3 is 1. The summed E-state index contributed by atoms with van der Waals surface area (Å²) in [5.41, 5.74) is 5.06. The number of anilines is 1. The summed E-state index contributed by atoms with van der Waals surface area (Å²) in [4.78, 5) is 29.9. The molecule has 0 aliphatic rings. The second kappa shape index (κ2) is 10.9. The number of fused-ring (bicyclic) bond motifs is 1. The van der Waals surface area contributed by atoms with Crippen LogP contribution in [0.15, 0.2) is 55.0 Å². The van der Waals surface area contributed by atoms with Crippen molar-refractivity contribution in [1.82, 2.24) is 25.3 Å². The number of ether oxygens (including phenoxy) is 1. The van der Waals surface area contributed by atoms with E-state index in [9.17, 15) is 4.79 Å². The second-order valence-electron chi connectivity index (χ2n) is 7.79. The van der Waals surface area contributed by atoms with Crippen molar-refractivity contribution in [2.24, 2.45) is 0 Å². The quantitative estimate of drug-likeness (QED) is 0.414. The van der Waals surface area contributed by atoms with Crippen molar-refractivity contribution in [2.75, 3.05) is 26.0 Å². The Hall–Kier alpha value is -3.72. The molecular weight excluding hydrogens is 448 g/mol. The normalized spacial score (nSPS) is 11.4. The number of rotatable bonds is 7. The monoisotopic (exact) mass is 476 g/mol. The summed E-state index contributed by atoms with van der Waals surface area (Å²) in [5.74, 6) is 1.27. The van der Waals surface area contributed by atoms with Crippen molar-refractivity contribution in [1.29, 1.82) is 0 Å². The number of hydrogen-bond acceptors (Lipinski definition) is 7. The zero-order valence-corrected chi connectivity index (χ0v) is 20.6. The number of benzene rings is 1. The molecule has 0 fully saturated rings. The van der Waals surface area contributed by atoms with E-state index >= 15 is 0 Å². The number of hydrogen-bond donors (Lipinski definition) is 2. The second-order valence-corrected chi connectivity index (χ2v) is 7.79. The molecule has 0 aliphatic carbocycles. The first-order valence-electron chi connectivity index (χ1n) is 10.7. The highest BCUT2D eigenvalue weighted by Gasteiger charge is 2.15. The number of nitrogens with zero attached hydrogens (tertiary/aromatic N) is 4. The lowest BCUT2D eigenvalue weighted by Crippen LogP contribution is -2.18. The zero-order valence-electron chi connectivity index (χ0n) is 19.6. The van der Waals surface area contributed by atoms with Gasteiger partial charge in [-0.25, -0.2) is 15.0 Å². The van der Waals surface area contributed by atoms with Gasteiger partial charge in [-0.1, -0.05) is 25.1 Å². The average Bonchev–Trinajstić information content (AvgIpc) is 2.85. The molecule has 9 heteroatoms. The van der Waals surface area contributed by atoms with Gasteiger partial charge in [-0.3, -0.25) is 9.78 Å². The number of pyridine rings is 2. The average molecular weight is 477 g/mol. The van der Waals surface area contributed by atoms with E-state index in [0.29, 0.717) is 18.0 Å². The maximum absolute atomic E-state index is 12.3. The van der Waals surface area contributed by atoms with Crippen molar-refractivity contribution < 1.29 is 9.53 Å². The van der Waals surface area contributed by atoms with Crippen LogP contribution in [0.3, 0.4) is 0 Å². The molecule has 0 unspecified atom stereocenters. The van der Waals surface area contributed by atoms with Gasteiger partial charge < -0.3 is 15.4 Å². The summed E-state index contributed by atoms with van der Waals surface area (Å²) >= 11 is 0. The lowest BCUT2D eigenvalue weighted by atomic mass is 9.96. The van der Waals surface area contributed by atoms with E-state index < -0.39 is 0 Å². The highest BCUT2D eigenvalue weighted by Crippen LogP contribution is 2.27. The summed E-state index contributed by atoms with van der Waals surface area (Å²) < 4.78 is 5.28. The molecule has 4 aromatic rings. The van der Waals surface area contributed by atoms with E-state index in [1.165, 1.54) is 0 Å². The first-order valence-corrected chi connectivity index (χ1v) is 10.7. The fourth-order valence-electron chi connectivity index (χ4n) is 3.80. The molecule has 0 radical (unpaired) electrons. The van der Waals surface area contributed by atoms with Gasteiger partial charge in [0.1, 0.15) is 12.1 Å². The Morgan fingerprint density at radius 1 is 1.12 bits per heavy atom. The Balaban J connectivity index is 0.00000324. The molecule has 0 aliphatic heterocycles. The van der Waals surface area contributed by atoms with Crippen LogP contribution < -0.4 is 15.4 Å². The van der Waals surface area contributed by atoms with Gasteiger partial charge in [0, 0.05) is 54.5 Å². The van der Waals surface area contributed by atoms with Gasteiger partial charge in [0.05, 0.1) is 23.9 Å². The van der Waals surface area contributed by atoms with Crippen molar-refractivity contribution in [3.63, 3.8) is 0 Å². The topological polar surface area (TPSA) is 102 Å². The predicted octanol–water partition coefficient (Wildman–Crippen LogP) is 4.09. The Morgan fingerprint density at radius 2 is 1.94 bits per heavy atom. The molecule has 1 aromatic carbocycles. The third kappa shape index (κ3) is 5.26. The number of aromatic nitrogens is 4.